The number of nitrogens with zero attached hydrogens (tertiary/aromatic N) is 3. The molecule has 8 rings (SSSR count). The summed E-state index contributed by atoms with van der Waals surface area (Å²) in [7, 11) is 0. The van der Waals surface area contributed by atoms with Crippen molar-refractivity contribution in [1.29, 1.82) is 0 Å². The Morgan fingerprint density at radius 1 is 0.821 bits per heavy atom. The average Bonchev–Trinajstić information content (AvgIpc) is 3.76. The van der Waals surface area contributed by atoms with E-state index in [1.165, 1.54) is 4.90 Å². The number of nitrogens with one attached hydrogen (secondary N) is 1. The largest absolute Gasteiger partial charge is 0.445 e. The van der Waals surface area contributed by atoms with Crippen molar-refractivity contribution in [2.75, 3.05) is 0 Å². The molecule has 0 bridgehead atoms. The van der Waals surface area contributed by atoms with Gasteiger partial charge in [0.2, 0.25) is 5.91 Å². The van der Waals surface area contributed by atoms with E-state index in [4.69, 9.17) is 14.2 Å². The normalized spacial score (nSPS) is 21.0. The number of imidazole rings is 1. The predicted molar refractivity (Wildman–Crippen MR) is 208 cm³/mol. The Balaban J connectivity index is 0.987. The first-order valence-corrected chi connectivity index (χ1v) is 18.7. The van der Waals surface area contributed by atoms with Crippen molar-refractivity contribution in [3.63, 3.8) is 0 Å². The Labute approximate surface area is 324 Å². The van der Waals surface area contributed by atoms with E-state index in [2.05, 4.69) is 27.9 Å². The van der Waals surface area contributed by atoms with Gasteiger partial charge in [0.15, 0.2) is 6.29 Å². The van der Waals surface area contributed by atoms with Gasteiger partial charge in [0, 0.05) is 11.5 Å². The molecule has 0 spiro atoms. The molecule has 2 saturated heterocycles. The van der Waals surface area contributed by atoms with Gasteiger partial charge >= 0.3 is 6.09 Å². The number of alkyl carbamates (subject to hydrolysis) is 1. The molecule has 284 valence electrons. The Hall–Kier alpha value is -6.14. The topological polar surface area (TPSA) is 132 Å². The number of aliphatic hydroxyl groups is 1. The van der Waals surface area contributed by atoms with E-state index in [0.717, 1.165) is 50.0 Å². The second kappa shape index (κ2) is 16.3. The number of hydrogen-bond donors (Lipinski definition) is 2. The summed E-state index contributed by atoms with van der Waals surface area (Å²) in [5.41, 5.74) is 8.01. The van der Waals surface area contributed by atoms with Gasteiger partial charge in [0.25, 0.3) is 5.91 Å². The molecule has 1 aromatic heterocycles. The lowest BCUT2D eigenvalue weighted by Crippen LogP contribution is -2.41. The number of hydrogen-bond acceptors (Lipinski definition) is 8. The summed E-state index contributed by atoms with van der Waals surface area (Å²) in [4.78, 5) is 44.5. The number of carbonyl (C=O) groups is 3. The van der Waals surface area contributed by atoms with E-state index in [1.807, 2.05) is 128 Å². The maximum Gasteiger partial charge on any atom is 0.408 e. The molecule has 1 unspecified atom stereocenters. The van der Waals surface area contributed by atoms with Crippen LogP contribution in [0.1, 0.15) is 53.6 Å². The number of rotatable bonds is 11. The highest BCUT2D eigenvalue weighted by Gasteiger charge is 2.40. The molecule has 0 saturated carbocycles. The Bertz CT molecular complexity index is 2340. The van der Waals surface area contributed by atoms with Gasteiger partial charge in [0.05, 0.1) is 55.7 Å². The third-order valence-electron chi connectivity index (χ3n) is 10.5. The number of ether oxygens (including phenoxy) is 3. The second-order valence-electron chi connectivity index (χ2n) is 14.3. The van der Waals surface area contributed by atoms with E-state index < -0.39 is 24.3 Å². The molecule has 11 nitrogen and oxygen atoms in total. The van der Waals surface area contributed by atoms with Gasteiger partial charge in [-0.25, -0.2) is 9.78 Å². The monoisotopic (exact) mass is 750 g/mol. The van der Waals surface area contributed by atoms with Crippen LogP contribution < -0.4 is 5.32 Å². The number of benzene rings is 5. The predicted octanol–water partition coefficient (Wildman–Crippen LogP) is 7.24. The molecule has 56 heavy (non-hydrogen) atoms. The molecule has 5 atom stereocenters. The van der Waals surface area contributed by atoms with E-state index in [-0.39, 0.29) is 50.2 Å². The molecule has 2 fully saturated rings. The molecule has 0 radical (unpaired) electrons. The highest BCUT2D eigenvalue weighted by atomic mass is 16.7. The molecular weight excluding hydrogens is 709 g/mol. The summed E-state index contributed by atoms with van der Waals surface area (Å²) >= 11 is 0. The van der Waals surface area contributed by atoms with E-state index in [1.54, 1.807) is 0 Å². The minimum Gasteiger partial charge on any atom is -0.445 e. The standard InChI is InChI=1S/C45H42N4O7/c1-29-40(25-48-28-46-37-15-5-6-16-39(37)48)55-44(56-42(29)33-19-17-30(26-50)18-20-33)36-14-8-13-35(22-36)34-12-7-11-32(21-34)24-49-41(51)23-38(43(49)52)47-45(53)54-27-31-9-3-2-4-10-31/h2-22,28-29,38,40,42,44,50H,23-27H2,1H3,(H,47,53)/t29-,38?,40+,42+,44+/m0/s1. The van der Waals surface area contributed by atoms with Crippen molar-refractivity contribution >= 4 is 28.9 Å². The fourth-order valence-corrected chi connectivity index (χ4v) is 7.44. The summed E-state index contributed by atoms with van der Waals surface area (Å²) in [6, 6.07) is 39.8. The van der Waals surface area contributed by atoms with Crippen LogP contribution in [0.25, 0.3) is 22.2 Å². The lowest BCUT2D eigenvalue weighted by Gasteiger charge is -2.41. The smallest absolute Gasteiger partial charge is 0.408 e. The number of amides is 3. The van der Waals surface area contributed by atoms with Gasteiger partial charge < -0.3 is 29.2 Å². The molecule has 0 aliphatic carbocycles. The van der Waals surface area contributed by atoms with Gasteiger partial charge in [-0.1, -0.05) is 110 Å². The molecule has 5 aromatic carbocycles. The van der Waals surface area contributed by atoms with Gasteiger partial charge in [-0.3, -0.25) is 14.5 Å². The van der Waals surface area contributed by atoms with Crippen LogP contribution in [0.3, 0.4) is 0 Å². The molecule has 6 aromatic rings. The fourth-order valence-electron chi connectivity index (χ4n) is 7.44. The number of fused-ring (bicyclic) bond motifs is 1. The number of carbonyl (C=O) groups excluding carboxylic acids is 3. The molecule has 3 amide bonds. The summed E-state index contributed by atoms with van der Waals surface area (Å²) < 4.78 is 20.9. The molecule has 11 heteroatoms. The summed E-state index contributed by atoms with van der Waals surface area (Å²) in [6.45, 7) is 2.80. The zero-order valence-electron chi connectivity index (χ0n) is 30.9. The molecule has 2 aliphatic heterocycles. The summed E-state index contributed by atoms with van der Waals surface area (Å²) in [5.74, 6) is -0.855. The van der Waals surface area contributed by atoms with Gasteiger partial charge in [0.1, 0.15) is 12.6 Å². The number of imide groups is 1. The second-order valence-corrected chi connectivity index (χ2v) is 14.3. The zero-order valence-corrected chi connectivity index (χ0v) is 30.9. The molecule has 3 heterocycles. The first kappa shape index (κ1) is 36.8. The maximum atomic E-state index is 13.3. The number of aliphatic hydroxyl groups excluding tert-OH is 1. The van der Waals surface area contributed by atoms with E-state index in [9.17, 15) is 19.5 Å². The maximum absolute atomic E-state index is 13.3. The van der Waals surface area contributed by atoms with Crippen molar-refractivity contribution in [3.05, 3.63) is 162 Å². The van der Waals surface area contributed by atoms with E-state index in [0.29, 0.717) is 6.54 Å². The van der Waals surface area contributed by atoms with Crippen LogP contribution in [0.2, 0.25) is 0 Å². The minimum absolute atomic E-state index is 0.0157. The van der Waals surface area contributed by atoms with E-state index >= 15 is 0 Å². The lowest BCUT2D eigenvalue weighted by molar-refractivity contribution is -0.276. The third kappa shape index (κ3) is 7.97. The number of likely N-dealkylation sites (tertiary alicyclic amines) is 1. The Morgan fingerprint density at radius 3 is 2.36 bits per heavy atom. The molecule has 2 aliphatic rings. The highest BCUT2D eigenvalue weighted by molar-refractivity contribution is 6.06. The minimum atomic E-state index is -0.989. The van der Waals surface area contributed by atoms with Crippen LogP contribution in [-0.2, 0) is 50.1 Å². The first-order chi connectivity index (χ1) is 27.3. The Kier molecular flexibility index (Phi) is 10.7. The van der Waals surface area contributed by atoms with Crippen molar-refractivity contribution in [2.24, 2.45) is 5.92 Å². The quantitative estimate of drug-likeness (QED) is 0.133. The molecular formula is C45H42N4O7. The van der Waals surface area contributed by atoms with Gasteiger partial charge in [-0.15, -0.1) is 0 Å². The van der Waals surface area contributed by atoms with Gasteiger partial charge in [-0.05, 0) is 57.6 Å². The number of para-hydroxylation sites is 2. The summed E-state index contributed by atoms with van der Waals surface area (Å²) in [5, 5.41) is 12.2. The van der Waals surface area contributed by atoms with Crippen molar-refractivity contribution in [1.82, 2.24) is 19.8 Å². The first-order valence-electron chi connectivity index (χ1n) is 18.7. The van der Waals surface area contributed by atoms with Gasteiger partial charge in [-0.2, -0.15) is 0 Å². The Morgan fingerprint density at radius 2 is 1.55 bits per heavy atom. The lowest BCUT2D eigenvalue weighted by atomic mass is 9.90. The van der Waals surface area contributed by atoms with Crippen molar-refractivity contribution in [2.45, 2.75) is 64.2 Å². The van der Waals surface area contributed by atoms with Crippen LogP contribution >= 0.6 is 0 Å². The van der Waals surface area contributed by atoms with Crippen LogP contribution in [0.4, 0.5) is 4.79 Å². The fraction of sp³-hybridized carbons (Fsp3) is 0.244. The van der Waals surface area contributed by atoms with Crippen molar-refractivity contribution < 1.29 is 33.7 Å². The van der Waals surface area contributed by atoms with Crippen LogP contribution in [0.15, 0.2) is 134 Å². The SMILES string of the molecule is C[C@H]1[C@@H](Cn2cnc3ccccc32)O[C@@H](c2cccc(-c3cccc(CN4C(=O)CC(NC(=O)OCc5ccccc5)C4=O)c3)c2)O[C@H]1c1ccc(CO)cc1. The average molecular weight is 751 g/mol. The third-order valence-corrected chi connectivity index (χ3v) is 10.5. The molecule has 2 N–H and O–H groups in total. The van der Waals surface area contributed by atoms with Crippen LogP contribution in [0, 0.1) is 5.92 Å². The van der Waals surface area contributed by atoms with Crippen molar-refractivity contribution in [3.8, 4) is 11.1 Å². The summed E-state index contributed by atoms with van der Waals surface area (Å²) in [6.07, 6.45) is -0.221. The highest BCUT2D eigenvalue weighted by Crippen LogP contribution is 2.43. The van der Waals surface area contributed by atoms with Crippen LogP contribution in [-0.4, -0.2) is 49.6 Å². The zero-order chi connectivity index (χ0) is 38.6. The van der Waals surface area contributed by atoms with Crippen LogP contribution in [0.5, 0.6) is 0 Å². The number of aromatic nitrogens is 2.